The van der Waals surface area contributed by atoms with E-state index in [0.29, 0.717) is 17.8 Å². The number of allylic oxidation sites excluding steroid dienone is 2. The zero-order chi connectivity index (χ0) is 12.4. The molecular weight excluding hydrogens is 216 g/mol. The number of rotatable bonds is 2. The number of carbonyl (C=O) groups is 1. The van der Waals surface area contributed by atoms with Crippen LogP contribution in [0.2, 0.25) is 0 Å². The Hall–Kier alpha value is -0.830. The van der Waals surface area contributed by atoms with Crippen LogP contribution in [0.4, 0.5) is 0 Å². The molecule has 0 radical (unpaired) electrons. The summed E-state index contributed by atoms with van der Waals surface area (Å²) in [6.07, 6.45) is 7.47. The van der Waals surface area contributed by atoms with Gasteiger partial charge in [-0.25, -0.2) is 0 Å². The van der Waals surface area contributed by atoms with Crippen LogP contribution in [-0.2, 0) is 9.53 Å². The molecule has 0 aliphatic heterocycles. The molecule has 0 saturated heterocycles. The molecule has 0 aromatic heterocycles. The van der Waals surface area contributed by atoms with Gasteiger partial charge in [0, 0.05) is 6.61 Å². The van der Waals surface area contributed by atoms with E-state index in [-0.39, 0.29) is 24.4 Å². The van der Waals surface area contributed by atoms with Crippen LogP contribution in [0.15, 0.2) is 12.2 Å². The van der Waals surface area contributed by atoms with Crippen LogP contribution in [0.25, 0.3) is 0 Å². The molecule has 2 aliphatic rings. The lowest BCUT2D eigenvalue weighted by Gasteiger charge is -2.42. The van der Waals surface area contributed by atoms with Crippen molar-refractivity contribution in [3.8, 4) is 0 Å². The van der Waals surface area contributed by atoms with Gasteiger partial charge in [-0.2, -0.15) is 0 Å². The highest BCUT2D eigenvalue weighted by atomic mass is 16.5. The van der Waals surface area contributed by atoms with Gasteiger partial charge in [0.1, 0.15) is 0 Å². The van der Waals surface area contributed by atoms with Crippen LogP contribution >= 0.6 is 0 Å². The molecule has 3 nitrogen and oxygen atoms in total. The Labute approximate surface area is 103 Å². The number of aliphatic hydroxyl groups excluding tert-OH is 1. The van der Waals surface area contributed by atoms with Crippen molar-refractivity contribution in [3.63, 3.8) is 0 Å². The zero-order valence-electron chi connectivity index (χ0n) is 10.6. The molecule has 3 heteroatoms. The fourth-order valence-corrected chi connectivity index (χ4v) is 3.51. The van der Waals surface area contributed by atoms with Crippen molar-refractivity contribution in [1.29, 1.82) is 0 Å². The first-order chi connectivity index (χ1) is 8.17. The van der Waals surface area contributed by atoms with E-state index in [1.165, 1.54) is 7.11 Å². The second kappa shape index (κ2) is 5.21. The lowest BCUT2D eigenvalue weighted by atomic mass is 9.63. The molecule has 0 amide bonds. The molecule has 1 N–H and O–H groups in total. The zero-order valence-corrected chi connectivity index (χ0v) is 10.6. The molecule has 1 fully saturated rings. The Morgan fingerprint density at radius 3 is 2.82 bits per heavy atom. The van der Waals surface area contributed by atoms with Crippen molar-refractivity contribution in [1.82, 2.24) is 0 Å². The number of aliphatic hydroxyl groups is 1. The van der Waals surface area contributed by atoms with Crippen molar-refractivity contribution in [2.24, 2.45) is 29.6 Å². The van der Waals surface area contributed by atoms with Gasteiger partial charge in [0.15, 0.2) is 0 Å². The maximum absolute atomic E-state index is 11.9. The minimum absolute atomic E-state index is 0.00893. The largest absolute Gasteiger partial charge is 0.469 e. The SMILES string of the molecule is COC(=O)[C@H]1[C@@H]2CC[C@@H](CO)C[C@H]2C=C[C@H]1C. The van der Waals surface area contributed by atoms with E-state index < -0.39 is 0 Å². The summed E-state index contributed by atoms with van der Waals surface area (Å²) in [6.45, 7) is 2.36. The fraction of sp³-hybridized carbons (Fsp3) is 0.786. The molecule has 0 spiro atoms. The van der Waals surface area contributed by atoms with Crippen LogP contribution in [0.5, 0.6) is 0 Å². The molecule has 0 aromatic carbocycles. The van der Waals surface area contributed by atoms with E-state index in [9.17, 15) is 9.90 Å². The smallest absolute Gasteiger partial charge is 0.309 e. The van der Waals surface area contributed by atoms with E-state index >= 15 is 0 Å². The number of hydrogen-bond donors (Lipinski definition) is 1. The molecule has 17 heavy (non-hydrogen) atoms. The third kappa shape index (κ3) is 2.39. The van der Waals surface area contributed by atoms with Crippen molar-refractivity contribution in [2.75, 3.05) is 13.7 Å². The molecule has 2 aliphatic carbocycles. The number of fused-ring (bicyclic) bond motifs is 1. The topological polar surface area (TPSA) is 46.5 Å². The summed E-state index contributed by atoms with van der Waals surface area (Å²) in [6, 6.07) is 0. The average Bonchev–Trinajstić information content (AvgIpc) is 2.37. The van der Waals surface area contributed by atoms with E-state index in [1.807, 2.05) is 0 Å². The molecule has 5 atom stereocenters. The van der Waals surface area contributed by atoms with Crippen LogP contribution < -0.4 is 0 Å². The van der Waals surface area contributed by atoms with Gasteiger partial charge in [-0.15, -0.1) is 0 Å². The Balaban J connectivity index is 2.15. The summed E-state index contributed by atoms with van der Waals surface area (Å²) < 4.78 is 4.94. The normalized spacial score (nSPS) is 40.8. The van der Waals surface area contributed by atoms with Crippen molar-refractivity contribution in [2.45, 2.75) is 26.2 Å². The molecule has 0 unspecified atom stereocenters. The third-order valence-corrected chi connectivity index (χ3v) is 4.48. The van der Waals surface area contributed by atoms with Gasteiger partial charge in [0.05, 0.1) is 13.0 Å². The Morgan fingerprint density at radius 2 is 2.18 bits per heavy atom. The fourth-order valence-electron chi connectivity index (χ4n) is 3.51. The van der Waals surface area contributed by atoms with E-state index in [2.05, 4.69) is 19.1 Å². The Bertz CT molecular complexity index is 311. The highest BCUT2D eigenvalue weighted by Crippen LogP contribution is 2.44. The maximum Gasteiger partial charge on any atom is 0.309 e. The summed E-state index contributed by atoms with van der Waals surface area (Å²) in [5.41, 5.74) is 0. The first-order valence-electron chi connectivity index (χ1n) is 6.54. The molecule has 1 saturated carbocycles. The molecule has 0 aromatic rings. The molecule has 2 rings (SSSR count). The standard InChI is InChI=1S/C14H22O3/c1-9-3-5-11-7-10(8-15)4-6-12(11)13(9)14(16)17-2/h3,5,9-13,15H,4,6-8H2,1-2H3/t9-,10-,11-,12-,13-/m1/s1. The monoisotopic (exact) mass is 238 g/mol. The van der Waals surface area contributed by atoms with Gasteiger partial charge >= 0.3 is 5.97 Å². The van der Waals surface area contributed by atoms with Crippen molar-refractivity contribution in [3.05, 3.63) is 12.2 Å². The summed E-state index contributed by atoms with van der Waals surface area (Å²) in [5, 5.41) is 9.24. The van der Waals surface area contributed by atoms with E-state index in [0.717, 1.165) is 19.3 Å². The number of methoxy groups -OCH3 is 1. The van der Waals surface area contributed by atoms with Gasteiger partial charge in [-0.3, -0.25) is 4.79 Å². The summed E-state index contributed by atoms with van der Waals surface area (Å²) in [4.78, 5) is 11.9. The first kappa shape index (κ1) is 12.6. The van der Waals surface area contributed by atoms with Gasteiger partial charge in [-0.1, -0.05) is 19.1 Å². The van der Waals surface area contributed by atoms with Gasteiger partial charge in [0.25, 0.3) is 0 Å². The molecule has 96 valence electrons. The minimum Gasteiger partial charge on any atom is -0.469 e. The van der Waals surface area contributed by atoms with Crippen LogP contribution in [0, 0.1) is 29.6 Å². The van der Waals surface area contributed by atoms with Gasteiger partial charge < -0.3 is 9.84 Å². The van der Waals surface area contributed by atoms with Crippen LogP contribution in [0.1, 0.15) is 26.2 Å². The number of hydrogen-bond acceptors (Lipinski definition) is 3. The molecular formula is C14H22O3. The van der Waals surface area contributed by atoms with Gasteiger partial charge in [0.2, 0.25) is 0 Å². The minimum atomic E-state index is -0.0701. The Morgan fingerprint density at radius 1 is 1.41 bits per heavy atom. The molecule has 0 heterocycles. The molecule has 0 bridgehead atoms. The van der Waals surface area contributed by atoms with Crippen molar-refractivity contribution >= 4 is 5.97 Å². The summed E-state index contributed by atoms with van der Waals surface area (Å²) in [7, 11) is 1.47. The predicted molar refractivity (Wildman–Crippen MR) is 65.2 cm³/mol. The highest BCUT2D eigenvalue weighted by molar-refractivity contribution is 5.73. The second-order valence-electron chi connectivity index (χ2n) is 5.48. The third-order valence-electron chi connectivity index (χ3n) is 4.48. The maximum atomic E-state index is 11.9. The Kier molecular flexibility index (Phi) is 3.87. The lowest BCUT2D eigenvalue weighted by molar-refractivity contribution is -0.150. The highest BCUT2D eigenvalue weighted by Gasteiger charge is 2.42. The van der Waals surface area contributed by atoms with E-state index in [1.54, 1.807) is 0 Å². The van der Waals surface area contributed by atoms with Crippen molar-refractivity contribution < 1.29 is 14.6 Å². The average molecular weight is 238 g/mol. The quantitative estimate of drug-likeness (QED) is 0.591. The van der Waals surface area contributed by atoms with Gasteiger partial charge in [-0.05, 0) is 42.9 Å². The number of esters is 1. The summed E-state index contributed by atoms with van der Waals surface area (Å²) >= 11 is 0. The predicted octanol–water partition coefficient (Wildman–Crippen LogP) is 2.01. The first-order valence-corrected chi connectivity index (χ1v) is 6.54. The number of ether oxygens (including phenoxy) is 1. The van der Waals surface area contributed by atoms with Crippen LogP contribution in [-0.4, -0.2) is 24.8 Å². The second-order valence-corrected chi connectivity index (χ2v) is 5.48. The van der Waals surface area contributed by atoms with E-state index in [4.69, 9.17) is 4.74 Å². The lowest BCUT2D eigenvalue weighted by Crippen LogP contribution is -2.40. The number of carbonyl (C=O) groups excluding carboxylic acids is 1. The summed E-state index contributed by atoms with van der Waals surface area (Å²) in [5.74, 6) is 1.47. The van der Waals surface area contributed by atoms with Crippen LogP contribution in [0.3, 0.4) is 0 Å².